The summed E-state index contributed by atoms with van der Waals surface area (Å²) in [5, 5.41) is 2.76. The van der Waals surface area contributed by atoms with Gasteiger partial charge in [0.05, 0.1) is 7.11 Å². The Morgan fingerprint density at radius 2 is 1.71 bits per heavy atom. The van der Waals surface area contributed by atoms with E-state index in [1.807, 2.05) is 38.1 Å². The maximum Gasteiger partial charge on any atom is 0.339 e. The van der Waals surface area contributed by atoms with Crippen molar-refractivity contribution in [1.82, 2.24) is 0 Å². The molecule has 3 aromatic rings. The number of nitrogens with one attached hydrogen (secondary N) is 1. The molecular formula is C29H31NO7S. The van der Waals surface area contributed by atoms with Crippen LogP contribution in [-0.2, 0) is 24.4 Å². The van der Waals surface area contributed by atoms with Gasteiger partial charge in [-0.15, -0.1) is 0 Å². The third-order valence-electron chi connectivity index (χ3n) is 5.61. The zero-order chi connectivity index (χ0) is 27.9. The van der Waals surface area contributed by atoms with E-state index in [9.17, 15) is 18.0 Å². The largest absolute Gasteiger partial charge is 0.493 e. The second-order valence-corrected chi connectivity index (χ2v) is 10.5. The van der Waals surface area contributed by atoms with Crippen molar-refractivity contribution in [2.45, 2.75) is 38.5 Å². The lowest BCUT2D eigenvalue weighted by atomic mass is 10.0. The second kappa shape index (κ2) is 12.4. The molecule has 8 nitrogen and oxygen atoms in total. The van der Waals surface area contributed by atoms with Crippen LogP contribution in [0.3, 0.4) is 0 Å². The fourth-order valence-electron chi connectivity index (χ4n) is 3.65. The van der Waals surface area contributed by atoms with Crippen LogP contribution in [0.4, 0.5) is 5.69 Å². The number of esters is 1. The minimum Gasteiger partial charge on any atom is -0.493 e. The first-order chi connectivity index (χ1) is 18.0. The Hall–Kier alpha value is -4.11. The number of methoxy groups -OCH3 is 1. The topological polar surface area (TPSA) is 108 Å². The highest BCUT2D eigenvalue weighted by atomic mass is 32.2. The molecule has 0 bridgehead atoms. The van der Waals surface area contributed by atoms with Crippen LogP contribution in [0.5, 0.6) is 11.5 Å². The Balaban J connectivity index is 1.63. The molecule has 0 saturated carbocycles. The zero-order valence-corrected chi connectivity index (χ0v) is 22.8. The van der Waals surface area contributed by atoms with Gasteiger partial charge in [-0.25, -0.2) is 4.79 Å². The van der Waals surface area contributed by atoms with E-state index >= 15 is 0 Å². The van der Waals surface area contributed by atoms with Gasteiger partial charge >= 0.3 is 16.1 Å². The first-order valence-electron chi connectivity index (χ1n) is 11.9. The molecule has 200 valence electrons. The SMILES string of the molecule is COc1cc(/C=C/C(=O)OCC(=O)Nc2ccccc2C(C)C)ccc1OS(=O)(=O)c1cc(C)ccc1C. The molecule has 1 amide bonds. The average molecular weight is 538 g/mol. The number of carbonyl (C=O) groups is 2. The van der Waals surface area contributed by atoms with E-state index in [0.717, 1.165) is 17.2 Å². The van der Waals surface area contributed by atoms with Gasteiger partial charge in [-0.05, 0) is 72.4 Å². The smallest absolute Gasteiger partial charge is 0.339 e. The number of ether oxygens (including phenoxy) is 2. The monoisotopic (exact) mass is 537 g/mol. The number of carbonyl (C=O) groups excluding carboxylic acids is 2. The zero-order valence-electron chi connectivity index (χ0n) is 22.0. The van der Waals surface area contributed by atoms with E-state index in [4.69, 9.17) is 13.7 Å². The number of anilines is 1. The lowest BCUT2D eigenvalue weighted by Gasteiger charge is -2.13. The number of benzene rings is 3. The van der Waals surface area contributed by atoms with Crippen LogP contribution in [0.1, 0.15) is 42.0 Å². The van der Waals surface area contributed by atoms with Crippen molar-refractivity contribution in [3.05, 3.63) is 89.0 Å². The first kappa shape index (κ1) is 28.5. The molecule has 0 atom stereocenters. The molecule has 3 aromatic carbocycles. The predicted molar refractivity (Wildman–Crippen MR) is 146 cm³/mol. The Morgan fingerprint density at radius 1 is 0.974 bits per heavy atom. The molecule has 38 heavy (non-hydrogen) atoms. The van der Waals surface area contributed by atoms with E-state index < -0.39 is 28.6 Å². The van der Waals surface area contributed by atoms with E-state index in [0.29, 0.717) is 16.8 Å². The van der Waals surface area contributed by atoms with Crippen molar-refractivity contribution >= 4 is 33.8 Å². The molecule has 9 heteroatoms. The van der Waals surface area contributed by atoms with E-state index in [2.05, 4.69) is 5.32 Å². The van der Waals surface area contributed by atoms with Crippen molar-refractivity contribution < 1.29 is 31.7 Å². The van der Waals surface area contributed by atoms with Gasteiger partial charge in [-0.2, -0.15) is 8.42 Å². The molecule has 1 N–H and O–H groups in total. The normalized spacial score (nSPS) is 11.4. The Bertz CT molecular complexity index is 1460. The van der Waals surface area contributed by atoms with Crippen LogP contribution in [0.15, 0.2) is 71.6 Å². The molecule has 3 rings (SSSR count). The van der Waals surface area contributed by atoms with Crippen LogP contribution < -0.4 is 14.2 Å². The minimum atomic E-state index is -4.09. The molecule has 0 unspecified atom stereocenters. The quantitative estimate of drug-likeness (QED) is 0.210. The molecule has 0 spiro atoms. The van der Waals surface area contributed by atoms with Gasteiger partial charge < -0.3 is 19.0 Å². The third-order valence-corrected chi connectivity index (χ3v) is 6.99. The fraction of sp³-hybridized carbons (Fsp3) is 0.241. The number of hydrogen-bond donors (Lipinski definition) is 1. The molecule has 0 aliphatic rings. The molecule has 0 heterocycles. The van der Waals surface area contributed by atoms with Crippen LogP contribution in [0.2, 0.25) is 0 Å². The summed E-state index contributed by atoms with van der Waals surface area (Å²) in [7, 11) is -2.71. The maximum atomic E-state index is 12.9. The third kappa shape index (κ3) is 7.45. The number of rotatable bonds is 10. The van der Waals surface area contributed by atoms with Crippen LogP contribution >= 0.6 is 0 Å². The van der Waals surface area contributed by atoms with Gasteiger partial charge in [-0.3, -0.25) is 4.79 Å². The lowest BCUT2D eigenvalue weighted by molar-refractivity contribution is -0.142. The molecular weight excluding hydrogens is 506 g/mol. The highest BCUT2D eigenvalue weighted by Crippen LogP contribution is 2.32. The van der Waals surface area contributed by atoms with E-state index in [1.54, 1.807) is 38.1 Å². The highest BCUT2D eigenvalue weighted by Gasteiger charge is 2.21. The minimum absolute atomic E-state index is 0.00600. The number of amides is 1. The highest BCUT2D eigenvalue weighted by molar-refractivity contribution is 7.87. The Morgan fingerprint density at radius 3 is 2.42 bits per heavy atom. The summed E-state index contributed by atoms with van der Waals surface area (Å²) in [4.78, 5) is 24.5. The van der Waals surface area contributed by atoms with Crippen LogP contribution in [-0.4, -0.2) is 34.0 Å². The van der Waals surface area contributed by atoms with Crippen LogP contribution in [0, 0.1) is 13.8 Å². The lowest BCUT2D eigenvalue weighted by Crippen LogP contribution is -2.21. The summed E-state index contributed by atoms with van der Waals surface area (Å²) < 4.78 is 41.4. The van der Waals surface area contributed by atoms with Crippen molar-refractivity contribution in [3.8, 4) is 11.5 Å². The Kier molecular flexibility index (Phi) is 9.30. The second-order valence-electron chi connectivity index (χ2n) is 8.95. The average Bonchev–Trinajstić information content (AvgIpc) is 2.88. The fourth-order valence-corrected chi connectivity index (χ4v) is 4.90. The molecule has 0 aliphatic heterocycles. The van der Waals surface area contributed by atoms with Gasteiger partial charge in [-0.1, -0.05) is 50.2 Å². The Labute approximate surface area is 223 Å². The number of para-hydroxylation sites is 1. The number of hydrogen-bond acceptors (Lipinski definition) is 7. The van der Waals surface area contributed by atoms with Gasteiger partial charge in [0.25, 0.3) is 5.91 Å². The predicted octanol–water partition coefficient (Wildman–Crippen LogP) is 5.40. The standard InChI is InChI=1S/C29H31NO7S/c1-19(2)23-8-6-7-9-24(23)30-28(31)18-36-29(32)15-13-22-12-14-25(26(17-22)35-5)37-38(33,34)27-16-20(3)10-11-21(27)4/h6-17,19H,18H2,1-5H3,(H,30,31)/b15-13+. The summed E-state index contributed by atoms with van der Waals surface area (Å²) >= 11 is 0. The summed E-state index contributed by atoms with van der Waals surface area (Å²) in [5.74, 6) is -0.774. The number of aryl methyl sites for hydroxylation is 2. The van der Waals surface area contributed by atoms with Gasteiger partial charge in [0.15, 0.2) is 18.1 Å². The molecule has 0 saturated heterocycles. The van der Waals surface area contributed by atoms with Crippen molar-refractivity contribution in [3.63, 3.8) is 0 Å². The molecule has 0 radical (unpaired) electrons. The molecule has 0 aromatic heterocycles. The summed E-state index contributed by atoms with van der Waals surface area (Å²) in [5.41, 5.74) is 3.54. The van der Waals surface area contributed by atoms with E-state index in [1.165, 1.54) is 25.3 Å². The summed E-state index contributed by atoms with van der Waals surface area (Å²) in [6.45, 7) is 7.08. The summed E-state index contributed by atoms with van der Waals surface area (Å²) in [6.07, 6.45) is 2.62. The van der Waals surface area contributed by atoms with Crippen molar-refractivity contribution in [1.29, 1.82) is 0 Å². The van der Waals surface area contributed by atoms with Gasteiger partial charge in [0.2, 0.25) is 0 Å². The first-order valence-corrected chi connectivity index (χ1v) is 13.3. The van der Waals surface area contributed by atoms with Gasteiger partial charge in [0.1, 0.15) is 4.90 Å². The molecule has 0 fully saturated rings. The van der Waals surface area contributed by atoms with Crippen molar-refractivity contribution in [2.24, 2.45) is 0 Å². The van der Waals surface area contributed by atoms with E-state index in [-0.39, 0.29) is 22.3 Å². The van der Waals surface area contributed by atoms with Crippen LogP contribution in [0.25, 0.3) is 6.08 Å². The maximum absolute atomic E-state index is 12.9. The molecule has 0 aliphatic carbocycles. The van der Waals surface area contributed by atoms with Gasteiger partial charge in [0, 0.05) is 11.8 Å². The van der Waals surface area contributed by atoms with Crippen molar-refractivity contribution in [2.75, 3.05) is 19.0 Å². The summed E-state index contributed by atoms with van der Waals surface area (Å²) in [6, 6.07) is 17.0.